The van der Waals surface area contributed by atoms with Gasteiger partial charge in [0, 0.05) is 5.56 Å². The van der Waals surface area contributed by atoms with Gasteiger partial charge in [0.15, 0.2) is 6.61 Å². The molecule has 2 rings (SSSR count). The largest absolute Gasteiger partial charge is 0.455 e. The number of carbonyl (C=O) groups is 2. The lowest BCUT2D eigenvalue weighted by Gasteiger charge is -2.29. The van der Waals surface area contributed by atoms with E-state index in [2.05, 4.69) is 11.4 Å². The summed E-state index contributed by atoms with van der Waals surface area (Å²) >= 11 is 0. The quantitative estimate of drug-likeness (QED) is 0.790. The van der Waals surface area contributed by atoms with Crippen LogP contribution in [0.1, 0.15) is 52.0 Å². The van der Waals surface area contributed by atoms with E-state index in [-0.39, 0.29) is 5.92 Å². The second kappa shape index (κ2) is 7.86. The van der Waals surface area contributed by atoms with Crippen molar-refractivity contribution in [2.45, 2.75) is 57.4 Å². The van der Waals surface area contributed by atoms with Crippen LogP contribution in [-0.4, -0.2) is 24.0 Å². The van der Waals surface area contributed by atoms with Crippen molar-refractivity contribution in [2.24, 2.45) is 5.92 Å². The second-order valence-corrected chi connectivity index (χ2v) is 7.36. The molecule has 1 N–H and O–H groups in total. The highest BCUT2D eigenvalue weighted by Gasteiger charge is 2.46. The molecule has 1 aliphatic carbocycles. The van der Waals surface area contributed by atoms with Crippen LogP contribution in [0.2, 0.25) is 0 Å². The normalized spacial score (nSPS) is 18.0. The molecule has 1 aliphatic rings. The summed E-state index contributed by atoms with van der Waals surface area (Å²) in [5.74, 6) is -1.67. The fourth-order valence-corrected chi connectivity index (χ4v) is 3.31. The zero-order valence-corrected chi connectivity index (χ0v) is 15.5. The van der Waals surface area contributed by atoms with Crippen LogP contribution >= 0.6 is 0 Å². The van der Waals surface area contributed by atoms with Crippen LogP contribution in [0.15, 0.2) is 24.3 Å². The monoisotopic (exact) mass is 360 g/mol. The Morgan fingerprint density at radius 2 is 1.96 bits per heavy atom. The highest BCUT2D eigenvalue weighted by Crippen LogP contribution is 2.43. The van der Waals surface area contributed by atoms with Gasteiger partial charge in [-0.15, -0.1) is 0 Å². The third-order valence-corrected chi connectivity index (χ3v) is 5.36. The number of amides is 1. The van der Waals surface area contributed by atoms with E-state index in [4.69, 9.17) is 4.74 Å². The number of hydrogen-bond acceptors (Lipinski definition) is 4. The molecule has 0 saturated heterocycles. The number of hydrogen-bond donors (Lipinski definition) is 1. The Balaban J connectivity index is 2.09. The van der Waals surface area contributed by atoms with Crippen molar-refractivity contribution in [1.29, 1.82) is 5.26 Å². The molecule has 1 saturated carbocycles. The third kappa shape index (κ3) is 3.87. The van der Waals surface area contributed by atoms with Crippen molar-refractivity contribution in [3.05, 3.63) is 35.6 Å². The maximum absolute atomic E-state index is 14.3. The van der Waals surface area contributed by atoms with Gasteiger partial charge >= 0.3 is 5.97 Å². The highest BCUT2D eigenvalue weighted by molar-refractivity contribution is 5.87. The molecule has 1 fully saturated rings. The van der Waals surface area contributed by atoms with Gasteiger partial charge in [0.25, 0.3) is 5.91 Å². The number of rotatable bonds is 6. The van der Waals surface area contributed by atoms with E-state index in [1.54, 1.807) is 25.1 Å². The number of halogens is 1. The SMILES string of the molecule is CC(C)[C@](C)(C#N)NC(=O)COC(=O)C1(c2ccccc2F)CCCC1. The summed E-state index contributed by atoms with van der Waals surface area (Å²) in [6, 6.07) is 8.28. The number of nitriles is 1. The Morgan fingerprint density at radius 3 is 2.50 bits per heavy atom. The van der Waals surface area contributed by atoms with Crippen LogP contribution in [0.3, 0.4) is 0 Å². The molecule has 26 heavy (non-hydrogen) atoms. The summed E-state index contributed by atoms with van der Waals surface area (Å²) in [7, 11) is 0. The Morgan fingerprint density at radius 1 is 1.35 bits per heavy atom. The van der Waals surface area contributed by atoms with Crippen LogP contribution in [0.4, 0.5) is 4.39 Å². The molecule has 1 aromatic rings. The first-order valence-electron chi connectivity index (χ1n) is 8.90. The van der Waals surface area contributed by atoms with Gasteiger partial charge in [0.1, 0.15) is 11.4 Å². The minimum absolute atomic E-state index is 0.105. The second-order valence-electron chi connectivity index (χ2n) is 7.36. The van der Waals surface area contributed by atoms with Crippen molar-refractivity contribution in [3.8, 4) is 6.07 Å². The predicted octanol–water partition coefficient (Wildman–Crippen LogP) is 3.24. The van der Waals surface area contributed by atoms with Gasteiger partial charge in [-0.25, -0.2) is 4.39 Å². The van der Waals surface area contributed by atoms with Gasteiger partial charge in [-0.2, -0.15) is 5.26 Å². The number of benzene rings is 1. The average molecular weight is 360 g/mol. The predicted molar refractivity (Wildman–Crippen MR) is 94.5 cm³/mol. The van der Waals surface area contributed by atoms with Crippen molar-refractivity contribution >= 4 is 11.9 Å². The van der Waals surface area contributed by atoms with Crippen LogP contribution in [-0.2, 0) is 19.7 Å². The maximum Gasteiger partial charge on any atom is 0.317 e. The minimum Gasteiger partial charge on any atom is -0.455 e. The summed E-state index contributed by atoms with van der Waals surface area (Å²) in [6.07, 6.45) is 2.59. The minimum atomic E-state index is -1.04. The molecule has 0 heterocycles. The van der Waals surface area contributed by atoms with Crippen LogP contribution < -0.4 is 5.32 Å². The summed E-state index contributed by atoms with van der Waals surface area (Å²) in [5.41, 5.74) is -1.76. The molecule has 6 heteroatoms. The molecular weight excluding hydrogens is 335 g/mol. The van der Waals surface area contributed by atoms with Crippen LogP contribution in [0, 0.1) is 23.1 Å². The standard InChI is InChI=1S/C20H25FN2O3/c1-14(2)19(3,13-22)23-17(24)12-26-18(25)20(10-6-7-11-20)15-8-4-5-9-16(15)21/h4-5,8-9,14H,6-7,10-12H2,1-3H3,(H,23,24)/t19-/m0/s1. The summed E-state index contributed by atoms with van der Waals surface area (Å²) in [6.45, 7) is 4.77. The molecule has 0 aliphatic heterocycles. The van der Waals surface area contributed by atoms with Gasteiger partial charge in [0.2, 0.25) is 0 Å². The fourth-order valence-electron chi connectivity index (χ4n) is 3.31. The molecule has 1 atom stereocenters. The van der Waals surface area contributed by atoms with Crippen molar-refractivity contribution in [2.75, 3.05) is 6.61 Å². The number of ether oxygens (including phenoxy) is 1. The zero-order valence-electron chi connectivity index (χ0n) is 15.5. The van der Waals surface area contributed by atoms with Gasteiger partial charge in [-0.1, -0.05) is 44.9 Å². The third-order valence-electron chi connectivity index (χ3n) is 5.36. The average Bonchev–Trinajstić information content (AvgIpc) is 3.10. The number of nitrogens with zero attached hydrogens (tertiary/aromatic N) is 1. The van der Waals surface area contributed by atoms with E-state index < -0.39 is 35.3 Å². The molecule has 0 aromatic heterocycles. The Hall–Kier alpha value is -2.42. The van der Waals surface area contributed by atoms with E-state index in [9.17, 15) is 19.2 Å². The van der Waals surface area contributed by atoms with E-state index in [1.165, 1.54) is 6.07 Å². The maximum atomic E-state index is 14.3. The summed E-state index contributed by atoms with van der Waals surface area (Å²) in [5, 5.41) is 11.9. The smallest absolute Gasteiger partial charge is 0.317 e. The molecule has 0 unspecified atom stereocenters. The van der Waals surface area contributed by atoms with Crippen molar-refractivity contribution in [3.63, 3.8) is 0 Å². The van der Waals surface area contributed by atoms with E-state index in [0.29, 0.717) is 18.4 Å². The van der Waals surface area contributed by atoms with Crippen LogP contribution in [0.25, 0.3) is 0 Å². The molecule has 0 spiro atoms. The van der Waals surface area contributed by atoms with Crippen molar-refractivity contribution in [1.82, 2.24) is 5.32 Å². The molecule has 0 radical (unpaired) electrons. The van der Waals surface area contributed by atoms with Gasteiger partial charge in [-0.3, -0.25) is 9.59 Å². The lowest BCUT2D eigenvalue weighted by Crippen LogP contribution is -2.50. The highest BCUT2D eigenvalue weighted by atomic mass is 19.1. The number of nitrogens with one attached hydrogen (secondary N) is 1. The Bertz CT molecular complexity index is 720. The lowest BCUT2D eigenvalue weighted by atomic mass is 9.78. The number of esters is 1. The lowest BCUT2D eigenvalue weighted by molar-refractivity contribution is -0.154. The topological polar surface area (TPSA) is 79.2 Å². The van der Waals surface area contributed by atoms with E-state index >= 15 is 0 Å². The Kier molecular flexibility index (Phi) is 6.01. The fraction of sp³-hybridized carbons (Fsp3) is 0.550. The van der Waals surface area contributed by atoms with E-state index in [1.807, 2.05) is 13.8 Å². The van der Waals surface area contributed by atoms with E-state index in [0.717, 1.165) is 12.8 Å². The van der Waals surface area contributed by atoms with Crippen LogP contribution in [0.5, 0.6) is 0 Å². The zero-order chi connectivity index (χ0) is 19.4. The molecule has 1 aromatic carbocycles. The molecule has 140 valence electrons. The van der Waals surface area contributed by atoms with Gasteiger partial charge in [0.05, 0.1) is 11.5 Å². The van der Waals surface area contributed by atoms with Crippen molar-refractivity contribution < 1.29 is 18.7 Å². The van der Waals surface area contributed by atoms with Gasteiger partial charge in [-0.05, 0) is 31.7 Å². The number of carbonyl (C=O) groups excluding carboxylic acids is 2. The molecular formula is C20H25FN2O3. The summed E-state index contributed by atoms with van der Waals surface area (Å²) < 4.78 is 19.5. The molecule has 0 bridgehead atoms. The summed E-state index contributed by atoms with van der Waals surface area (Å²) in [4.78, 5) is 24.9. The first-order chi connectivity index (χ1) is 12.2. The molecule has 5 nitrogen and oxygen atoms in total. The first-order valence-corrected chi connectivity index (χ1v) is 8.90. The van der Waals surface area contributed by atoms with Gasteiger partial charge < -0.3 is 10.1 Å². The molecule has 1 amide bonds. The first kappa shape index (κ1) is 19.9. The Labute approximate surface area is 153 Å².